The lowest BCUT2D eigenvalue weighted by Crippen LogP contribution is -2.37. The molecule has 0 saturated heterocycles. The van der Waals surface area contributed by atoms with Crippen molar-refractivity contribution in [3.8, 4) is 0 Å². The Bertz CT molecular complexity index is 664. The molecule has 2 aromatic rings. The number of urea groups is 1. The molecule has 0 spiro atoms. The van der Waals surface area contributed by atoms with Gasteiger partial charge in [0.2, 0.25) is 0 Å². The minimum absolute atomic E-state index is 0.122. The van der Waals surface area contributed by atoms with Crippen molar-refractivity contribution in [3.05, 3.63) is 40.7 Å². The molecule has 1 heterocycles. The summed E-state index contributed by atoms with van der Waals surface area (Å²) in [6.45, 7) is 1.01. The van der Waals surface area contributed by atoms with Crippen molar-refractivity contribution in [1.82, 2.24) is 15.2 Å². The molecule has 6 nitrogen and oxygen atoms in total. The molecule has 0 aliphatic carbocycles. The van der Waals surface area contributed by atoms with Crippen LogP contribution in [-0.4, -0.2) is 43.1 Å². The van der Waals surface area contributed by atoms with E-state index in [9.17, 15) is 9.59 Å². The summed E-state index contributed by atoms with van der Waals surface area (Å²) in [6.07, 6.45) is 0. The lowest BCUT2D eigenvalue weighted by molar-refractivity contribution is 0.218. The van der Waals surface area contributed by atoms with Crippen LogP contribution in [0.4, 0.5) is 10.6 Å². The van der Waals surface area contributed by atoms with E-state index in [0.717, 1.165) is 5.39 Å². The van der Waals surface area contributed by atoms with Crippen LogP contribution in [0, 0.1) is 0 Å². The van der Waals surface area contributed by atoms with Crippen molar-refractivity contribution in [2.24, 2.45) is 0 Å². The Labute approximate surface area is 116 Å². The van der Waals surface area contributed by atoms with Crippen molar-refractivity contribution in [3.63, 3.8) is 0 Å². The predicted octanol–water partition coefficient (Wildman–Crippen LogP) is 1.21. The third-order valence-electron chi connectivity index (χ3n) is 2.88. The summed E-state index contributed by atoms with van der Waals surface area (Å²) in [4.78, 5) is 27.4. The van der Waals surface area contributed by atoms with Crippen LogP contribution >= 0.6 is 0 Å². The summed E-state index contributed by atoms with van der Waals surface area (Å²) < 4.78 is 0. The van der Waals surface area contributed by atoms with Crippen LogP contribution in [-0.2, 0) is 0 Å². The van der Waals surface area contributed by atoms with E-state index in [1.165, 1.54) is 4.90 Å². The Balaban J connectivity index is 1.97. The summed E-state index contributed by atoms with van der Waals surface area (Å²) in [5, 5.41) is 7.37. The minimum atomic E-state index is -0.140. The van der Waals surface area contributed by atoms with Crippen molar-refractivity contribution in [2.45, 2.75) is 0 Å². The van der Waals surface area contributed by atoms with Crippen molar-refractivity contribution >= 4 is 22.6 Å². The number of carbonyl (C=O) groups excluding carboxylic acids is 1. The van der Waals surface area contributed by atoms with Crippen molar-refractivity contribution < 1.29 is 4.79 Å². The molecule has 0 saturated carbocycles. The van der Waals surface area contributed by atoms with Crippen LogP contribution in [0.15, 0.2) is 35.1 Å². The number of H-pyrrole nitrogens is 1. The lowest BCUT2D eigenvalue weighted by Gasteiger charge is -2.12. The van der Waals surface area contributed by atoms with Gasteiger partial charge in [0.15, 0.2) is 0 Å². The summed E-state index contributed by atoms with van der Waals surface area (Å²) in [6, 6.07) is 9.15. The fourth-order valence-electron chi connectivity index (χ4n) is 1.83. The zero-order valence-electron chi connectivity index (χ0n) is 11.6. The molecule has 0 fully saturated rings. The van der Waals surface area contributed by atoms with E-state index in [2.05, 4.69) is 15.6 Å². The maximum Gasteiger partial charge on any atom is 0.316 e. The molecule has 0 aliphatic rings. The van der Waals surface area contributed by atoms with E-state index in [0.29, 0.717) is 24.3 Å². The van der Waals surface area contributed by atoms with Gasteiger partial charge in [-0.25, -0.2) is 4.79 Å². The van der Waals surface area contributed by atoms with Gasteiger partial charge in [0.25, 0.3) is 5.56 Å². The number of pyridine rings is 1. The largest absolute Gasteiger partial charge is 0.370 e. The molecule has 2 amide bonds. The van der Waals surface area contributed by atoms with Gasteiger partial charge in [-0.2, -0.15) is 0 Å². The molecule has 6 heteroatoms. The highest BCUT2D eigenvalue weighted by Crippen LogP contribution is 2.12. The normalized spacial score (nSPS) is 10.3. The number of fused-ring (bicyclic) bond motifs is 1. The molecular weight excluding hydrogens is 256 g/mol. The first-order chi connectivity index (χ1) is 9.58. The maximum atomic E-state index is 11.9. The van der Waals surface area contributed by atoms with Gasteiger partial charge in [0.05, 0.1) is 0 Å². The molecule has 0 aliphatic heterocycles. The van der Waals surface area contributed by atoms with Crippen LogP contribution in [0.25, 0.3) is 10.8 Å². The van der Waals surface area contributed by atoms with Crippen LogP contribution < -0.4 is 16.2 Å². The number of hydrogen-bond donors (Lipinski definition) is 3. The van der Waals surface area contributed by atoms with E-state index in [4.69, 9.17) is 0 Å². The average Bonchev–Trinajstić information content (AvgIpc) is 2.43. The summed E-state index contributed by atoms with van der Waals surface area (Å²) >= 11 is 0. The number of benzene rings is 1. The molecule has 1 aromatic carbocycles. The third-order valence-corrected chi connectivity index (χ3v) is 2.88. The highest BCUT2D eigenvalue weighted by molar-refractivity contribution is 5.83. The summed E-state index contributed by atoms with van der Waals surface area (Å²) in [5.41, 5.74) is -0.122. The van der Waals surface area contributed by atoms with Gasteiger partial charge >= 0.3 is 6.03 Å². The predicted molar refractivity (Wildman–Crippen MR) is 80.1 cm³/mol. The second-order valence-electron chi connectivity index (χ2n) is 4.65. The smallest absolute Gasteiger partial charge is 0.316 e. The first-order valence-electron chi connectivity index (χ1n) is 6.39. The van der Waals surface area contributed by atoms with Gasteiger partial charge < -0.3 is 20.5 Å². The molecule has 0 unspecified atom stereocenters. The molecule has 20 heavy (non-hydrogen) atoms. The zero-order valence-corrected chi connectivity index (χ0v) is 11.6. The molecule has 2 rings (SSSR count). The quantitative estimate of drug-likeness (QED) is 0.733. The minimum Gasteiger partial charge on any atom is -0.370 e. The van der Waals surface area contributed by atoms with Gasteiger partial charge in [0.1, 0.15) is 5.82 Å². The zero-order chi connectivity index (χ0) is 14.5. The molecule has 0 bridgehead atoms. The number of nitrogens with one attached hydrogen (secondary N) is 3. The van der Waals surface area contributed by atoms with Gasteiger partial charge in [0, 0.05) is 32.6 Å². The number of aromatic amines is 1. The van der Waals surface area contributed by atoms with E-state index >= 15 is 0 Å². The Morgan fingerprint density at radius 1 is 1.25 bits per heavy atom. The Kier molecular flexibility index (Phi) is 4.24. The molecule has 0 radical (unpaired) electrons. The molecule has 0 atom stereocenters. The number of amides is 2. The molecular formula is C14H18N4O2. The van der Waals surface area contributed by atoms with Crippen LogP contribution in [0.3, 0.4) is 0 Å². The van der Waals surface area contributed by atoms with Gasteiger partial charge in [-0.1, -0.05) is 18.2 Å². The van der Waals surface area contributed by atoms with E-state index in [1.54, 1.807) is 20.2 Å². The third kappa shape index (κ3) is 3.28. The summed E-state index contributed by atoms with van der Waals surface area (Å²) in [5.74, 6) is 0.646. The molecule has 3 N–H and O–H groups in total. The Morgan fingerprint density at radius 2 is 2.00 bits per heavy atom. The number of rotatable bonds is 4. The number of carbonyl (C=O) groups is 1. The van der Waals surface area contributed by atoms with E-state index in [1.807, 2.05) is 24.3 Å². The SMILES string of the molecule is CN(C)C(=O)NCCNc1cc2ccccc2c(=O)[nH]1. The highest BCUT2D eigenvalue weighted by Gasteiger charge is 2.02. The van der Waals surface area contributed by atoms with Crippen LogP contribution in [0.2, 0.25) is 0 Å². The fraction of sp³-hybridized carbons (Fsp3) is 0.286. The van der Waals surface area contributed by atoms with Crippen molar-refractivity contribution in [1.29, 1.82) is 0 Å². The first kappa shape index (κ1) is 13.9. The maximum absolute atomic E-state index is 11.9. The van der Waals surface area contributed by atoms with E-state index in [-0.39, 0.29) is 11.6 Å². The second-order valence-corrected chi connectivity index (χ2v) is 4.65. The number of hydrogen-bond acceptors (Lipinski definition) is 3. The average molecular weight is 274 g/mol. The van der Waals surface area contributed by atoms with Crippen molar-refractivity contribution in [2.75, 3.05) is 32.5 Å². The second kappa shape index (κ2) is 6.10. The number of nitrogens with zero attached hydrogens (tertiary/aromatic N) is 1. The van der Waals surface area contributed by atoms with Gasteiger partial charge in [-0.05, 0) is 17.5 Å². The van der Waals surface area contributed by atoms with Gasteiger partial charge in [-0.3, -0.25) is 4.79 Å². The fourth-order valence-corrected chi connectivity index (χ4v) is 1.83. The molecule has 1 aromatic heterocycles. The number of aromatic nitrogens is 1. The van der Waals surface area contributed by atoms with E-state index < -0.39 is 0 Å². The topological polar surface area (TPSA) is 77.2 Å². The lowest BCUT2D eigenvalue weighted by atomic mass is 10.2. The number of anilines is 1. The Morgan fingerprint density at radius 3 is 2.75 bits per heavy atom. The standard InChI is InChI=1S/C14H18N4O2/c1-18(2)14(20)16-8-7-15-12-9-10-5-3-4-6-11(10)13(19)17-12/h3-6,9H,7-8H2,1-2H3,(H,16,20)(H2,15,17,19). The van der Waals surface area contributed by atoms with Crippen LogP contribution in [0.1, 0.15) is 0 Å². The monoisotopic (exact) mass is 274 g/mol. The summed E-state index contributed by atoms with van der Waals surface area (Å²) in [7, 11) is 3.37. The highest BCUT2D eigenvalue weighted by atomic mass is 16.2. The van der Waals surface area contributed by atoms with Crippen LogP contribution in [0.5, 0.6) is 0 Å². The van der Waals surface area contributed by atoms with Gasteiger partial charge in [-0.15, -0.1) is 0 Å². The first-order valence-corrected chi connectivity index (χ1v) is 6.39. The molecule has 106 valence electrons. The Hall–Kier alpha value is -2.50.